The Balaban J connectivity index is 2.61. The highest BCUT2D eigenvalue weighted by Gasteiger charge is 2.31. The van der Waals surface area contributed by atoms with Crippen molar-refractivity contribution in [2.45, 2.75) is 31.7 Å². The normalized spacial score (nSPS) is 15.7. The van der Waals surface area contributed by atoms with Crippen LogP contribution in [0.5, 0.6) is 0 Å². The third-order valence-electron chi connectivity index (χ3n) is 3.66. The van der Waals surface area contributed by atoms with Crippen LogP contribution in [0.1, 0.15) is 47.8 Å². The van der Waals surface area contributed by atoms with Gasteiger partial charge in [0.15, 0.2) is 5.82 Å². The first-order valence-corrected chi connectivity index (χ1v) is 6.40. The predicted molar refractivity (Wildman–Crippen MR) is 72.2 cm³/mol. The summed E-state index contributed by atoms with van der Waals surface area (Å²) in [5.41, 5.74) is 5.92. The number of nitrogen functional groups attached to an aromatic ring is 1. The summed E-state index contributed by atoms with van der Waals surface area (Å²) in [6, 6.07) is 0.0575. The fraction of sp³-hybridized carbons (Fsp3) is 0.538. The number of hydrogen-bond donors (Lipinski definition) is 2. The van der Waals surface area contributed by atoms with Crippen LogP contribution in [0.2, 0.25) is 0 Å². The topological polar surface area (TPSA) is 75.1 Å². The van der Waals surface area contributed by atoms with Crippen molar-refractivity contribution in [2.75, 3.05) is 19.8 Å². The number of amides is 1. The Morgan fingerprint density at radius 2 is 2.05 bits per heavy atom. The largest absolute Gasteiger partial charge is 0.384 e. The van der Waals surface area contributed by atoms with E-state index in [9.17, 15) is 9.18 Å². The maximum Gasteiger partial charge on any atom is 0.273 e. The van der Waals surface area contributed by atoms with Gasteiger partial charge in [-0.1, -0.05) is 12.8 Å². The molecule has 0 aromatic carbocycles. The van der Waals surface area contributed by atoms with Crippen LogP contribution in [0.15, 0.2) is 0 Å². The first kappa shape index (κ1) is 13.6. The van der Waals surface area contributed by atoms with Crippen molar-refractivity contribution in [3.8, 4) is 0 Å². The van der Waals surface area contributed by atoms with E-state index in [2.05, 4.69) is 0 Å². The van der Waals surface area contributed by atoms with Crippen LogP contribution in [0.25, 0.3) is 0 Å². The second-order valence-electron chi connectivity index (χ2n) is 5.11. The van der Waals surface area contributed by atoms with Crippen molar-refractivity contribution in [3.63, 3.8) is 0 Å². The second kappa shape index (κ2) is 5.03. The minimum Gasteiger partial charge on any atom is -0.384 e. The molecular formula is C13H19FN4O. The number of halogens is 1. The Hall–Kier alpha value is -1.85. The van der Waals surface area contributed by atoms with E-state index in [-0.39, 0.29) is 23.1 Å². The molecule has 1 heterocycles. The molecule has 104 valence electrons. The Kier molecular flexibility index (Phi) is 3.59. The fourth-order valence-corrected chi connectivity index (χ4v) is 2.68. The van der Waals surface area contributed by atoms with Crippen LogP contribution < -0.4 is 5.73 Å². The van der Waals surface area contributed by atoms with Crippen LogP contribution >= 0.6 is 0 Å². The summed E-state index contributed by atoms with van der Waals surface area (Å²) in [7, 11) is 3.15. The predicted octanol–water partition coefficient (Wildman–Crippen LogP) is 2.02. The fourth-order valence-electron chi connectivity index (χ4n) is 2.68. The lowest BCUT2D eigenvalue weighted by Gasteiger charge is -2.19. The lowest BCUT2D eigenvalue weighted by Crippen LogP contribution is -2.27. The van der Waals surface area contributed by atoms with Gasteiger partial charge in [0.05, 0.1) is 5.56 Å². The van der Waals surface area contributed by atoms with E-state index in [1.165, 1.54) is 4.90 Å². The number of carbonyl (C=O) groups excluding carboxylic acids is 1. The van der Waals surface area contributed by atoms with Gasteiger partial charge in [0.2, 0.25) is 0 Å². The van der Waals surface area contributed by atoms with Crippen molar-refractivity contribution in [1.29, 1.82) is 5.41 Å². The van der Waals surface area contributed by atoms with Crippen LogP contribution in [-0.2, 0) is 0 Å². The maximum absolute atomic E-state index is 14.3. The van der Waals surface area contributed by atoms with E-state index in [1.807, 2.05) is 0 Å². The summed E-state index contributed by atoms with van der Waals surface area (Å²) in [4.78, 5) is 13.5. The molecule has 1 aromatic rings. The average Bonchev–Trinajstić information content (AvgIpc) is 2.95. The molecule has 1 saturated carbocycles. The molecule has 1 amide bonds. The number of carbonyl (C=O) groups is 1. The number of nitrogens with two attached hydrogens (primary N) is 1. The molecule has 0 saturated heterocycles. The second-order valence-corrected chi connectivity index (χ2v) is 5.11. The summed E-state index contributed by atoms with van der Waals surface area (Å²) in [5.74, 6) is -0.910. The van der Waals surface area contributed by atoms with Gasteiger partial charge < -0.3 is 20.6 Å². The standard InChI is InChI=1S/C13H19FN4O/c1-17(2)13(19)11-10(14)9(7-15)12(16)18(11)8-5-3-4-6-8/h7-8,15H,3-6,16H2,1-2H3. The molecular weight excluding hydrogens is 247 g/mol. The molecule has 1 aromatic heterocycles. The van der Waals surface area contributed by atoms with Crippen molar-refractivity contribution in [3.05, 3.63) is 17.1 Å². The summed E-state index contributed by atoms with van der Waals surface area (Å²) >= 11 is 0. The highest BCUT2D eigenvalue weighted by atomic mass is 19.1. The van der Waals surface area contributed by atoms with Gasteiger partial charge in [0, 0.05) is 26.4 Å². The molecule has 3 N–H and O–H groups in total. The van der Waals surface area contributed by atoms with Gasteiger partial charge in [-0.05, 0) is 12.8 Å². The van der Waals surface area contributed by atoms with E-state index in [1.54, 1.807) is 18.7 Å². The minimum atomic E-state index is -0.682. The molecule has 0 bridgehead atoms. The quantitative estimate of drug-likeness (QED) is 0.821. The molecule has 19 heavy (non-hydrogen) atoms. The van der Waals surface area contributed by atoms with Crippen molar-refractivity contribution >= 4 is 17.9 Å². The molecule has 0 unspecified atom stereocenters. The van der Waals surface area contributed by atoms with Crippen LogP contribution in [0.4, 0.5) is 10.2 Å². The monoisotopic (exact) mass is 266 g/mol. The first-order valence-electron chi connectivity index (χ1n) is 6.40. The number of aromatic nitrogens is 1. The van der Waals surface area contributed by atoms with Crippen LogP contribution in [-0.4, -0.2) is 35.7 Å². The van der Waals surface area contributed by atoms with Crippen LogP contribution in [0.3, 0.4) is 0 Å². The SMILES string of the molecule is CN(C)C(=O)c1c(F)c(C=N)c(N)n1C1CCCC1. The maximum atomic E-state index is 14.3. The molecule has 0 aliphatic heterocycles. The average molecular weight is 266 g/mol. The van der Waals surface area contributed by atoms with Gasteiger partial charge in [-0.15, -0.1) is 0 Å². The molecule has 1 aliphatic carbocycles. The van der Waals surface area contributed by atoms with Gasteiger partial charge in [-0.2, -0.15) is 0 Å². The number of nitrogens with one attached hydrogen (secondary N) is 1. The molecule has 2 rings (SSSR count). The highest BCUT2D eigenvalue weighted by molar-refractivity contribution is 5.98. The minimum absolute atomic E-state index is 0.0112. The lowest BCUT2D eigenvalue weighted by molar-refractivity contribution is 0.0810. The number of nitrogens with zero attached hydrogens (tertiary/aromatic N) is 2. The molecule has 0 spiro atoms. The van der Waals surface area contributed by atoms with Gasteiger partial charge in [0.25, 0.3) is 5.91 Å². The summed E-state index contributed by atoms with van der Waals surface area (Å²) in [5, 5.41) is 7.27. The van der Waals surface area contributed by atoms with E-state index in [0.717, 1.165) is 31.9 Å². The van der Waals surface area contributed by atoms with E-state index < -0.39 is 11.7 Å². The van der Waals surface area contributed by atoms with Gasteiger partial charge >= 0.3 is 0 Å². The van der Waals surface area contributed by atoms with Crippen molar-refractivity contribution in [2.24, 2.45) is 0 Å². The molecule has 6 heteroatoms. The first-order chi connectivity index (χ1) is 8.99. The Morgan fingerprint density at radius 1 is 1.47 bits per heavy atom. The van der Waals surface area contributed by atoms with Gasteiger partial charge in [-0.3, -0.25) is 4.79 Å². The Labute approximate surface area is 111 Å². The summed E-state index contributed by atoms with van der Waals surface area (Å²) in [6.07, 6.45) is 4.77. The number of rotatable bonds is 3. The number of hydrogen-bond acceptors (Lipinski definition) is 3. The zero-order valence-corrected chi connectivity index (χ0v) is 11.2. The summed E-state index contributed by atoms with van der Waals surface area (Å²) in [6.45, 7) is 0. The number of anilines is 1. The van der Waals surface area contributed by atoms with Crippen molar-refractivity contribution in [1.82, 2.24) is 9.47 Å². The Bertz CT molecular complexity index is 515. The van der Waals surface area contributed by atoms with E-state index in [4.69, 9.17) is 11.1 Å². The van der Waals surface area contributed by atoms with Crippen molar-refractivity contribution < 1.29 is 9.18 Å². The molecule has 5 nitrogen and oxygen atoms in total. The van der Waals surface area contributed by atoms with E-state index >= 15 is 0 Å². The lowest BCUT2D eigenvalue weighted by atomic mass is 10.2. The van der Waals surface area contributed by atoms with Gasteiger partial charge in [0.1, 0.15) is 11.5 Å². The molecule has 1 aliphatic rings. The smallest absolute Gasteiger partial charge is 0.273 e. The Morgan fingerprint density at radius 3 is 2.53 bits per heavy atom. The van der Waals surface area contributed by atoms with E-state index in [0.29, 0.717) is 0 Å². The zero-order valence-electron chi connectivity index (χ0n) is 11.2. The highest BCUT2D eigenvalue weighted by Crippen LogP contribution is 2.36. The molecule has 0 atom stereocenters. The third kappa shape index (κ3) is 2.11. The van der Waals surface area contributed by atoms with Gasteiger partial charge in [-0.25, -0.2) is 4.39 Å². The zero-order chi connectivity index (χ0) is 14.2. The summed E-state index contributed by atoms with van der Waals surface area (Å²) < 4.78 is 15.9. The van der Waals surface area contributed by atoms with Crippen LogP contribution in [0, 0.1) is 11.2 Å². The molecule has 1 fully saturated rings. The molecule has 0 radical (unpaired) electrons. The third-order valence-corrected chi connectivity index (χ3v) is 3.66.